The van der Waals surface area contributed by atoms with Crippen LogP contribution in [0, 0.1) is 6.92 Å². The van der Waals surface area contributed by atoms with Gasteiger partial charge in [0, 0.05) is 97.9 Å². The van der Waals surface area contributed by atoms with Crippen LogP contribution in [0.25, 0.3) is 44.5 Å². The van der Waals surface area contributed by atoms with Crippen LogP contribution < -0.4 is 14.5 Å². The molecular formula is C50H55N7O6S2. The van der Waals surface area contributed by atoms with Crippen LogP contribution in [0.5, 0.6) is 5.75 Å². The first-order valence-electron chi connectivity index (χ1n) is 22.4. The van der Waals surface area contributed by atoms with E-state index in [1.165, 1.54) is 24.0 Å². The zero-order valence-electron chi connectivity index (χ0n) is 37.2. The van der Waals surface area contributed by atoms with Gasteiger partial charge in [0.2, 0.25) is 20.0 Å². The lowest BCUT2D eigenvalue weighted by Crippen LogP contribution is -2.49. The van der Waals surface area contributed by atoms with Crippen LogP contribution in [0.15, 0.2) is 113 Å². The largest absolute Gasteiger partial charge is 0.495 e. The fraction of sp³-hybridized carbons (Fsp3) is 0.340. The van der Waals surface area contributed by atoms with Crippen molar-refractivity contribution in [3.05, 3.63) is 120 Å². The predicted molar refractivity (Wildman–Crippen MR) is 257 cm³/mol. The summed E-state index contributed by atoms with van der Waals surface area (Å²) in [5.41, 5.74) is 11.3. The summed E-state index contributed by atoms with van der Waals surface area (Å²) < 4.78 is 70.5. The number of aromatic nitrogens is 3. The van der Waals surface area contributed by atoms with Gasteiger partial charge in [-0.3, -0.25) is 4.98 Å². The first-order valence-corrected chi connectivity index (χ1v) is 25.3. The molecule has 3 aliphatic heterocycles. The Hall–Kier alpha value is -5.71. The number of methoxy groups -OCH3 is 1. The van der Waals surface area contributed by atoms with Crippen molar-refractivity contribution in [2.75, 3.05) is 76.9 Å². The second kappa shape index (κ2) is 17.3. The second-order valence-corrected chi connectivity index (χ2v) is 21.9. The van der Waals surface area contributed by atoms with Gasteiger partial charge in [0.1, 0.15) is 5.75 Å². The number of sulfonamides is 2. The SMILES string of the molecule is COc1cnc2cc(-c3cc(S(=O)(=O)N(C)C)ccc3N3CCC(c4cccc(CC5COCCN5S(=O)(=O)c5ccc(N6CCCC6)c(-c6cc7ccc(C)cc7[nH]6)c5)c4)C3)[nH]c2c1. The minimum Gasteiger partial charge on any atom is -0.495 e. The maximum atomic E-state index is 14.8. The van der Waals surface area contributed by atoms with Gasteiger partial charge in [0.05, 0.1) is 59.1 Å². The smallest absolute Gasteiger partial charge is 0.243 e. The number of morpholine rings is 1. The van der Waals surface area contributed by atoms with Crippen LogP contribution in [-0.4, -0.2) is 114 Å². The van der Waals surface area contributed by atoms with E-state index in [0.29, 0.717) is 25.4 Å². The molecule has 0 aliphatic carbocycles. The Labute approximate surface area is 381 Å². The Kier molecular flexibility index (Phi) is 11.5. The van der Waals surface area contributed by atoms with Crippen molar-refractivity contribution in [3.8, 4) is 28.3 Å². The molecule has 6 heterocycles. The van der Waals surface area contributed by atoms with Gasteiger partial charge in [-0.2, -0.15) is 4.31 Å². The highest BCUT2D eigenvalue weighted by Crippen LogP contribution is 2.41. The second-order valence-electron chi connectivity index (χ2n) is 17.8. The quantitative estimate of drug-likeness (QED) is 0.124. The molecule has 0 saturated carbocycles. The molecule has 3 aliphatic rings. The van der Waals surface area contributed by atoms with E-state index in [9.17, 15) is 16.8 Å². The molecular weight excluding hydrogens is 859 g/mol. The third-order valence-corrected chi connectivity index (χ3v) is 17.2. The third-order valence-electron chi connectivity index (χ3n) is 13.4. The highest BCUT2D eigenvalue weighted by molar-refractivity contribution is 7.89. The molecule has 15 heteroatoms. The number of benzene rings is 4. The number of H-pyrrole nitrogens is 2. The van der Waals surface area contributed by atoms with Crippen molar-refractivity contribution < 1.29 is 26.3 Å². The lowest BCUT2D eigenvalue weighted by atomic mass is 9.94. The summed E-state index contributed by atoms with van der Waals surface area (Å²) >= 11 is 0. The van der Waals surface area contributed by atoms with Gasteiger partial charge in [-0.25, -0.2) is 21.1 Å². The van der Waals surface area contributed by atoms with Crippen LogP contribution in [0.1, 0.15) is 41.9 Å². The fourth-order valence-electron chi connectivity index (χ4n) is 9.88. The number of rotatable bonds is 12. The monoisotopic (exact) mass is 913 g/mol. The molecule has 3 fully saturated rings. The topological polar surface area (TPSA) is 144 Å². The molecule has 0 amide bonds. The first-order chi connectivity index (χ1) is 31.3. The molecule has 0 spiro atoms. The molecule has 10 rings (SSSR count). The van der Waals surface area contributed by atoms with Crippen molar-refractivity contribution >= 4 is 53.4 Å². The fourth-order valence-corrected chi connectivity index (χ4v) is 12.4. The number of fused-ring (bicyclic) bond motifs is 2. The van der Waals surface area contributed by atoms with Gasteiger partial charge in [-0.15, -0.1) is 0 Å². The van der Waals surface area contributed by atoms with Crippen LogP contribution in [0.2, 0.25) is 0 Å². The molecule has 7 aromatic rings. The molecule has 3 saturated heterocycles. The summed E-state index contributed by atoms with van der Waals surface area (Å²) in [6.07, 6.45) is 5.30. The summed E-state index contributed by atoms with van der Waals surface area (Å²) in [6, 6.07) is 31.4. The van der Waals surface area contributed by atoms with Crippen molar-refractivity contribution in [2.24, 2.45) is 0 Å². The number of aryl methyl sites for hydroxylation is 1. The summed E-state index contributed by atoms with van der Waals surface area (Å²) in [5.74, 6) is 0.823. The average Bonchev–Trinajstić information content (AvgIpc) is 4.16. The van der Waals surface area contributed by atoms with Crippen molar-refractivity contribution in [2.45, 2.75) is 54.4 Å². The van der Waals surface area contributed by atoms with Gasteiger partial charge >= 0.3 is 0 Å². The number of hydrogen-bond donors (Lipinski definition) is 2. The standard InChI is InChI=1S/C50H55N7O6S2/c1-33-10-11-36-25-45(52-44(36)22-33)42-28-41(13-14-49(42)55-17-5-6-18-55)65(60,61)57-20-21-63-32-38(57)24-34-8-7-9-35(23-34)37-16-19-56(31-37)50-15-12-40(64(58,59)54(2)3)27-43(50)46-29-47-48(53-46)26-39(62-4)30-51-47/h7-15,22-23,25-30,37-38,52-53H,5-6,16-21,24,31-32H2,1-4H3. The first kappa shape index (κ1) is 43.2. The number of aromatic amines is 2. The van der Waals surface area contributed by atoms with Gasteiger partial charge in [-0.05, 0) is 104 Å². The van der Waals surface area contributed by atoms with E-state index in [0.717, 1.165) is 112 Å². The zero-order chi connectivity index (χ0) is 45.0. The Bertz CT molecular complexity index is 3140. The van der Waals surface area contributed by atoms with Crippen molar-refractivity contribution in [1.29, 1.82) is 0 Å². The molecule has 0 bridgehead atoms. The van der Waals surface area contributed by atoms with E-state index >= 15 is 0 Å². The summed E-state index contributed by atoms with van der Waals surface area (Å²) in [4.78, 5) is 16.8. The number of nitrogens with one attached hydrogen (secondary N) is 2. The van der Waals surface area contributed by atoms with Crippen LogP contribution >= 0.6 is 0 Å². The molecule has 13 nitrogen and oxygen atoms in total. The minimum absolute atomic E-state index is 0.199. The minimum atomic E-state index is -3.90. The van der Waals surface area contributed by atoms with E-state index in [4.69, 9.17) is 9.47 Å². The predicted octanol–water partition coefficient (Wildman–Crippen LogP) is 8.17. The van der Waals surface area contributed by atoms with Gasteiger partial charge in [0.15, 0.2) is 0 Å². The molecule has 3 aromatic heterocycles. The molecule has 0 radical (unpaired) electrons. The number of ether oxygens (including phenoxy) is 2. The van der Waals surface area contributed by atoms with Gasteiger partial charge < -0.3 is 29.2 Å². The van der Waals surface area contributed by atoms with Crippen molar-refractivity contribution in [3.63, 3.8) is 0 Å². The van der Waals surface area contributed by atoms with E-state index in [1.807, 2.05) is 30.3 Å². The van der Waals surface area contributed by atoms with Crippen LogP contribution in [0.3, 0.4) is 0 Å². The van der Waals surface area contributed by atoms with Crippen LogP contribution in [0.4, 0.5) is 11.4 Å². The Balaban J connectivity index is 0.910. The highest BCUT2D eigenvalue weighted by atomic mass is 32.2. The Morgan fingerprint density at radius 3 is 2.31 bits per heavy atom. The molecule has 2 atom stereocenters. The van der Waals surface area contributed by atoms with E-state index in [1.54, 1.807) is 35.8 Å². The van der Waals surface area contributed by atoms with Gasteiger partial charge in [-0.1, -0.05) is 36.4 Å². The van der Waals surface area contributed by atoms with E-state index < -0.39 is 20.0 Å². The van der Waals surface area contributed by atoms with E-state index in [-0.39, 0.29) is 28.3 Å². The van der Waals surface area contributed by atoms with E-state index in [2.05, 4.69) is 80.2 Å². The zero-order valence-corrected chi connectivity index (χ0v) is 38.9. The Morgan fingerprint density at radius 1 is 0.785 bits per heavy atom. The number of hydrogen-bond acceptors (Lipinski definition) is 9. The average molecular weight is 914 g/mol. The number of nitrogens with zero attached hydrogens (tertiary/aromatic N) is 5. The number of anilines is 2. The van der Waals surface area contributed by atoms with Gasteiger partial charge in [0.25, 0.3) is 0 Å². The summed E-state index contributed by atoms with van der Waals surface area (Å²) in [7, 11) is -2.93. The Morgan fingerprint density at radius 2 is 1.52 bits per heavy atom. The third kappa shape index (κ3) is 8.29. The summed E-state index contributed by atoms with van der Waals surface area (Å²) in [6.45, 7) is 6.37. The lowest BCUT2D eigenvalue weighted by molar-refractivity contribution is 0.0328. The lowest BCUT2D eigenvalue weighted by Gasteiger charge is -2.35. The number of pyridine rings is 1. The maximum absolute atomic E-state index is 14.8. The van der Waals surface area contributed by atoms with Crippen molar-refractivity contribution in [1.82, 2.24) is 23.6 Å². The molecule has 338 valence electrons. The molecule has 2 unspecified atom stereocenters. The molecule has 65 heavy (non-hydrogen) atoms. The molecule has 2 N–H and O–H groups in total. The van der Waals surface area contributed by atoms with Crippen LogP contribution in [-0.2, 0) is 31.2 Å². The maximum Gasteiger partial charge on any atom is 0.243 e. The normalized spacial score (nSPS) is 18.7. The summed E-state index contributed by atoms with van der Waals surface area (Å²) in [5, 5.41) is 1.09. The highest BCUT2D eigenvalue weighted by Gasteiger charge is 2.36. The molecule has 4 aromatic carbocycles.